The van der Waals surface area contributed by atoms with Gasteiger partial charge in [-0.2, -0.15) is 0 Å². The fourth-order valence-corrected chi connectivity index (χ4v) is 1.98. The Balaban J connectivity index is 2.06. The molecule has 4 nitrogen and oxygen atoms in total. The summed E-state index contributed by atoms with van der Waals surface area (Å²) in [6, 6.07) is 6.23. The highest BCUT2D eigenvalue weighted by molar-refractivity contribution is 5.76. The number of fused-ring (bicyclic) bond motifs is 1. The molecule has 0 aliphatic rings. The number of hydrogen-bond donors (Lipinski definition) is 2. The Morgan fingerprint density at radius 2 is 2.21 bits per heavy atom. The van der Waals surface area contributed by atoms with Crippen molar-refractivity contribution in [1.29, 1.82) is 0 Å². The van der Waals surface area contributed by atoms with E-state index >= 15 is 0 Å². The highest BCUT2D eigenvalue weighted by Gasteiger charge is 2.06. The van der Waals surface area contributed by atoms with Gasteiger partial charge in [0.1, 0.15) is 5.82 Å². The van der Waals surface area contributed by atoms with E-state index in [4.69, 9.17) is 0 Å². The van der Waals surface area contributed by atoms with Gasteiger partial charge in [-0.15, -0.1) is 0 Å². The largest absolute Gasteiger partial charge is 0.356 e. The van der Waals surface area contributed by atoms with Gasteiger partial charge in [-0.05, 0) is 24.1 Å². The first-order valence-electron chi connectivity index (χ1n) is 6.85. The Hall–Kier alpha value is -1.84. The number of H-pyrrole nitrogens is 1. The van der Waals surface area contributed by atoms with E-state index in [9.17, 15) is 4.79 Å². The zero-order valence-corrected chi connectivity index (χ0v) is 11.8. The van der Waals surface area contributed by atoms with Gasteiger partial charge in [-0.1, -0.05) is 26.8 Å². The number of carbonyl (C=O) groups excluding carboxylic acids is 1. The van der Waals surface area contributed by atoms with Gasteiger partial charge < -0.3 is 10.3 Å². The average Bonchev–Trinajstić information content (AvgIpc) is 2.81. The molecular formula is C15H21N3O. The summed E-state index contributed by atoms with van der Waals surface area (Å²) in [4.78, 5) is 19.1. The SMILES string of the molecule is CCC(=O)NCCc1ccc2nc(C(C)C)[nH]c2c1. The van der Waals surface area contributed by atoms with E-state index in [-0.39, 0.29) is 5.91 Å². The first-order chi connectivity index (χ1) is 9.10. The van der Waals surface area contributed by atoms with E-state index in [0.29, 0.717) is 18.9 Å². The molecule has 2 aromatic rings. The lowest BCUT2D eigenvalue weighted by molar-refractivity contribution is -0.120. The van der Waals surface area contributed by atoms with Gasteiger partial charge in [-0.25, -0.2) is 4.98 Å². The first-order valence-corrected chi connectivity index (χ1v) is 6.85. The molecule has 0 bridgehead atoms. The minimum Gasteiger partial charge on any atom is -0.356 e. The smallest absolute Gasteiger partial charge is 0.219 e. The van der Waals surface area contributed by atoms with Crippen molar-refractivity contribution < 1.29 is 4.79 Å². The summed E-state index contributed by atoms with van der Waals surface area (Å²) in [6.45, 7) is 6.79. The molecule has 102 valence electrons. The van der Waals surface area contributed by atoms with Crippen LogP contribution >= 0.6 is 0 Å². The molecule has 0 aliphatic carbocycles. The van der Waals surface area contributed by atoms with E-state index in [2.05, 4.69) is 41.3 Å². The van der Waals surface area contributed by atoms with Crippen LogP contribution < -0.4 is 5.32 Å². The Bertz CT molecular complexity index is 572. The highest BCUT2D eigenvalue weighted by Crippen LogP contribution is 2.18. The first kappa shape index (κ1) is 13.6. The van der Waals surface area contributed by atoms with Crippen molar-refractivity contribution >= 4 is 16.9 Å². The average molecular weight is 259 g/mol. The third kappa shape index (κ3) is 3.34. The minimum absolute atomic E-state index is 0.102. The standard InChI is InChI=1S/C15H21N3O/c1-4-14(19)16-8-7-11-5-6-12-13(9-11)18-15(17-12)10(2)3/h5-6,9-10H,4,7-8H2,1-3H3,(H,16,19)(H,17,18). The van der Waals surface area contributed by atoms with E-state index in [1.54, 1.807) is 0 Å². The van der Waals surface area contributed by atoms with Crippen molar-refractivity contribution in [2.45, 2.75) is 39.5 Å². The summed E-state index contributed by atoms with van der Waals surface area (Å²) in [5.41, 5.74) is 3.29. The predicted octanol–water partition coefficient (Wildman–Crippen LogP) is 2.76. The molecule has 19 heavy (non-hydrogen) atoms. The molecule has 2 rings (SSSR count). The summed E-state index contributed by atoms with van der Waals surface area (Å²) < 4.78 is 0. The predicted molar refractivity (Wildman–Crippen MR) is 77.2 cm³/mol. The maximum absolute atomic E-state index is 11.2. The van der Waals surface area contributed by atoms with Gasteiger partial charge in [0.05, 0.1) is 11.0 Å². The molecular weight excluding hydrogens is 238 g/mol. The van der Waals surface area contributed by atoms with Crippen molar-refractivity contribution in [1.82, 2.24) is 15.3 Å². The summed E-state index contributed by atoms with van der Waals surface area (Å²) in [5.74, 6) is 1.52. The molecule has 1 aromatic carbocycles. The maximum Gasteiger partial charge on any atom is 0.219 e. The van der Waals surface area contributed by atoms with Crippen LogP contribution in [0.4, 0.5) is 0 Å². The van der Waals surface area contributed by atoms with Crippen molar-refractivity contribution in [3.05, 3.63) is 29.6 Å². The van der Waals surface area contributed by atoms with Crippen LogP contribution in [-0.4, -0.2) is 22.4 Å². The van der Waals surface area contributed by atoms with E-state index in [1.165, 1.54) is 5.56 Å². The van der Waals surface area contributed by atoms with E-state index < -0.39 is 0 Å². The van der Waals surface area contributed by atoms with Crippen molar-refractivity contribution in [3.8, 4) is 0 Å². The molecule has 0 aliphatic heterocycles. The van der Waals surface area contributed by atoms with Crippen molar-refractivity contribution in [2.75, 3.05) is 6.54 Å². The van der Waals surface area contributed by atoms with E-state index in [0.717, 1.165) is 23.3 Å². The molecule has 0 atom stereocenters. The molecule has 2 N–H and O–H groups in total. The number of nitrogens with zero attached hydrogens (tertiary/aromatic N) is 1. The van der Waals surface area contributed by atoms with Gasteiger partial charge >= 0.3 is 0 Å². The van der Waals surface area contributed by atoms with Crippen LogP contribution in [0.1, 0.15) is 44.5 Å². The zero-order valence-electron chi connectivity index (χ0n) is 11.8. The monoisotopic (exact) mass is 259 g/mol. The second kappa shape index (κ2) is 5.87. The molecule has 0 unspecified atom stereocenters. The fraction of sp³-hybridized carbons (Fsp3) is 0.467. The minimum atomic E-state index is 0.102. The van der Waals surface area contributed by atoms with Crippen LogP contribution in [0.3, 0.4) is 0 Å². The van der Waals surface area contributed by atoms with E-state index in [1.807, 2.05) is 13.0 Å². The molecule has 1 heterocycles. The topological polar surface area (TPSA) is 57.8 Å². The lowest BCUT2D eigenvalue weighted by atomic mass is 10.1. The number of carbonyl (C=O) groups is 1. The van der Waals surface area contributed by atoms with Crippen molar-refractivity contribution in [2.24, 2.45) is 0 Å². The van der Waals surface area contributed by atoms with Crippen LogP contribution in [0.15, 0.2) is 18.2 Å². The van der Waals surface area contributed by atoms with Crippen LogP contribution in [0.2, 0.25) is 0 Å². The van der Waals surface area contributed by atoms with Gasteiger partial charge in [-0.3, -0.25) is 4.79 Å². The van der Waals surface area contributed by atoms with Crippen LogP contribution in [-0.2, 0) is 11.2 Å². The Morgan fingerprint density at radius 1 is 1.42 bits per heavy atom. The third-order valence-electron chi connectivity index (χ3n) is 3.17. The lowest BCUT2D eigenvalue weighted by Gasteiger charge is -2.03. The molecule has 0 spiro atoms. The number of amides is 1. The molecule has 0 fully saturated rings. The second-order valence-corrected chi connectivity index (χ2v) is 5.08. The number of nitrogens with one attached hydrogen (secondary N) is 2. The molecule has 1 aromatic heterocycles. The van der Waals surface area contributed by atoms with Gasteiger partial charge in [0.25, 0.3) is 0 Å². The van der Waals surface area contributed by atoms with Crippen molar-refractivity contribution in [3.63, 3.8) is 0 Å². The van der Waals surface area contributed by atoms with Gasteiger partial charge in [0.15, 0.2) is 0 Å². The third-order valence-corrected chi connectivity index (χ3v) is 3.17. The van der Waals surface area contributed by atoms with Crippen LogP contribution in [0.5, 0.6) is 0 Å². The summed E-state index contributed by atoms with van der Waals surface area (Å²) in [6.07, 6.45) is 1.38. The van der Waals surface area contributed by atoms with Crippen LogP contribution in [0.25, 0.3) is 11.0 Å². The van der Waals surface area contributed by atoms with Gasteiger partial charge in [0.2, 0.25) is 5.91 Å². The zero-order chi connectivity index (χ0) is 13.8. The molecule has 4 heteroatoms. The lowest BCUT2D eigenvalue weighted by Crippen LogP contribution is -2.24. The number of hydrogen-bond acceptors (Lipinski definition) is 2. The van der Waals surface area contributed by atoms with Crippen LogP contribution in [0, 0.1) is 0 Å². The Kier molecular flexibility index (Phi) is 4.20. The summed E-state index contributed by atoms with van der Waals surface area (Å²) in [5, 5.41) is 2.89. The quantitative estimate of drug-likeness (QED) is 0.867. The summed E-state index contributed by atoms with van der Waals surface area (Å²) in [7, 11) is 0. The fourth-order valence-electron chi connectivity index (χ4n) is 1.98. The summed E-state index contributed by atoms with van der Waals surface area (Å²) >= 11 is 0. The normalized spacial score (nSPS) is 11.2. The molecule has 0 saturated carbocycles. The number of aromatic amines is 1. The number of rotatable bonds is 5. The number of imidazole rings is 1. The molecule has 1 amide bonds. The molecule has 0 saturated heterocycles. The number of aromatic nitrogens is 2. The molecule has 0 radical (unpaired) electrons. The maximum atomic E-state index is 11.2. The highest BCUT2D eigenvalue weighted by atomic mass is 16.1. The van der Waals surface area contributed by atoms with Gasteiger partial charge in [0, 0.05) is 18.9 Å². The second-order valence-electron chi connectivity index (χ2n) is 5.08. The Labute approximate surface area is 113 Å². The Morgan fingerprint density at radius 3 is 2.89 bits per heavy atom. The number of benzene rings is 1.